The summed E-state index contributed by atoms with van der Waals surface area (Å²) in [7, 11) is 2.95. The van der Waals surface area contributed by atoms with E-state index in [9.17, 15) is 14.4 Å². The van der Waals surface area contributed by atoms with E-state index < -0.39 is 16.5 Å². The minimum atomic E-state index is -0.446. The molecule has 1 atom stereocenters. The highest BCUT2D eigenvalue weighted by molar-refractivity contribution is 8.00. The summed E-state index contributed by atoms with van der Waals surface area (Å²) < 4.78 is 7.31. The molecule has 1 unspecified atom stereocenters. The van der Waals surface area contributed by atoms with Crippen LogP contribution in [0.15, 0.2) is 14.7 Å². The number of imidazole rings is 1. The molecule has 9 heteroatoms. The second-order valence-electron chi connectivity index (χ2n) is 4.71. The molecule has 2 aromatic rings. The number of carbonyl (C=O) groups is 1. The van der Waals surface area contributed by atoms with Gasteiger partial charge in [0.15, 0.2) is 16.3 Å². The van der Waals surface area contributed by atoms with E-state index in [4.69, 9.17) is 4.74 Å². The second-order valence-corrected chi connectivity index (χ2v) is 5.90. The Kier molecular flexibility index (Phi) is 4.74. The third kappa shape index (κ3) is 2.80. The molecule has 1 N–H and O–H groups in total. The Morgan fingerprint density at radius 3 is 2.59 bits per heavy atom. The van der Waals surface area contributed by atoms with Gasteiger partial charge < -0.3 is 9.72 Å². The largest absolute Gasteiger partial charge is 0.465 e. The summed E-state index contributed by atoms with van der Waals surface area (Å²) in [4.78, 5) is 42.9. The predicted molar refractivity (Wildman–Crippen MR) is 83.1 cm³/mol. The molecule has 2 heterocycles. The molecule has 0 radical (unpaired) electrons. The number of carbonyl (C=O) groups excluding carboxylic acids is 1. The Morgan fingerprint density at radius 1 is 1.32 bits per heavy atom. The lowest BCUT2D eigenvalue weighted by Gasteiger charge is -2.10. The SMILES string of the molecule is CCOC(=O)C(CC)Sc1nc2c([nH]1)c(=O)n(C)c(=O)n2C. The first kappa shape index (κ1) is 16.3. The lowest BCUT2D eigenvalue weighted by atomic mass is 10.3. The normalized spacial score (nSPS) is 12.5. The van der Waals surface area contributed by atoms with E-state index in [0.29, 0.717) is 18.2 Å². The molecule has 0 spiro atoms. The predicted octanol–water partition coefficient (Wildman–Crippen LogP) is 0.394. The van der Waals surface area contributed by atoms with Crippen LogP contribution in [-0.4, -0.2) is 36.9 Å². The quantitative estimate of drug-likeness (QED) is 0.630. The molecule has 0 aliphatic heterocycles. The zero-order valence-corrected chi connectivity index (χ0v) is 13.7. The molecular weight excluding hydrogens is 308 g/mol. The van der Waals surface area contributed by atoms with E-state index in [1.807, 2.05) is 6.92 Å². The molecule has 0 amide bonds. The third-order valence-electron chi connectivity index (χ3n) is 3.25. The number of fused-ring (bicyclic) bond motifs is 1. The summed E-state index contributed by atoms with van der Waals surface area (Å²) in [5.74, 6) is -0.322. The van der Waals surface area contributed by atoms with E-state index in [2.05, 4.69) is 9.97 Å². The minimum absolute atomic E-state index is 0.241. The maximum Gasteiger partial charge on any atom is 0.332 e. The standard InChI is InChI=1S/C13H18N4O4S/c1-5-7(11(19)21-6-2)22-12-14-8-9(15-12)16(3)13(20)17(4)10(8)18/h7H,5-6H2,1-4H3,(H,14,15). The Balaban J connectivity index is 2.44. The van der Waals surface area contributed by atoms with Crippen molar-refractivity contribution in [3.05, 3.63) is 20.8 Å². The fourth-order valence-electron chi connectivity index (χ4n) is 2.03. The van der Waals surface area contributed by atoms with E-state index in [1.54, 1.807) is 14.0 Å². The van der Waals surface area contributed by atoms with E-state index >= 15 is 0 Å². The number of thioether (sulfide) groups is 1. The van der Waals surface area contributed by atoms with Gasteiger partial charge in [-0.1, -0.05) is 18.7 Å². The molecule has 0 fully saturated rings. The van der Waals surface area contributed by atoms with Gasteiger partial charge in [-0.3, -0.25) is 18.7 Å². The molecule has 0 saturated heterocycles. The van der Waals surface area contributed by atoms with Crippen molar-refractivity contribution in [2.24, 2.45) is 14.1 Å². The van der Waals surface area contributed by atoms with Crippen molar-refractivity contribution < 1.29 is 9.53 Å². The molecule has 0 saturated carbocycles. The van der Waals surface area contributed by atoms with Gasteiger partial charge in [0, 0.05) is 14.1 Å². The minimum Gasteiger partial charge on any atom is -0.465 e. The number of nitrogens with zero attached hydrogens (tertiary/aromatic N) is 3. The molecule has 22 heavy (non-hydrogen) atoms. The zero-order valence-electron chi connectivity index (χ0n) is 12.9. The lowest BCUT2D eigenvalue weighted by Crippen LogP contribution is -2.36. The fourth-order valence-corrected chi connectivity index (χ4v) is 2.93. The monoisotopic (exact) mass is 326 g/mol. The molecule has 0 aromatic carbocycles. The Hall–Kier alpha value is -2.03. The Bertz CT molecular complexity index is 820. The number of aromatic nitrogens is 4. The van der Waals surface area contributed by atoms with E-state index in [0.717, 1.165) is 4.57 Å². The number of H-pyrrole nitrogens is 1. The number of aromatic amines is 1. The number of rotatable bonds is 5. The van der Waals surface area contributed by atoms with Crippen LogP contribution in [0.1, 0.15) is 20.3 Å². The fraction of sp³-hybridized carbons (Fsp3) is 0.538. The van der Waals surface area contributed by atoms with Crippen LogP contribution in [-0.2, 0) is 23.6 Å². The van der Waals surface area contributed by atoms with Crippen molar-refractivity contribution in [2.45, 2.75) is 30.7 Å². The first-order valence-electron chi connectivity index (χ1n) is 6.89. The molecule has 120 valence electrons. The zero-order chi connectivity index (χ0) is 16.4. The van der Waals surface area contributed by atoms with Crippen LogP contribution in [0.2, 0.25) is 0 Å². The first-order chi connectivity index (χ1) is 10.4. The van der Waals surface area contributed by atoms with Crippen molar-refractivity contribution in [1.29, 1.82) is 0 Å². The number of hydrogen-bond acceptors (Lipinski definition) is 6. The molecule has 0 aliphatic rings. The van der Waals surface area contributed by atoms with Gasteiger partial charge >= 0.3 is 11.7 Å². The van der Waals surface area contributed by atoms with Gasteiger partial charge in [-0.05, 0) is 13.3 Å². The maximum absolute atomic E-state index is 12.1. The number of ether oxygens (including phenoxy) is 1. The molecule has 2 rings (SSSR count). The van der Waals surface area contributed by atoms with Gasteiger partial charge in [-0.2, -0.15) is 0 Å². The number of aryl methyl sites for hydroxylation is 1. The highest BCUT2D eigenvalue weighted by Gasteiger charge is 2.22. The number of hydrogen-bond donors (Lipinski definition) is 1. The highest BCUT2D eigenvalue weighted by Crippen LogP contribution is 2.24. The van der Waals surface area contributed by atoms with Crippen molar-refractivity contribution >= 4 is 28.9 Å². The van der Waals surface area contributed by atoms with Gasteiger partial charge in [-0.25, -0.2) is 9.78 Å². The van der Waals surface area contributed by atoms with E-state index in [-0.39, 0.29) is 17.1 Å². The van der Waals surface area contributed by atoms with Gasteiger partial charge in [0.05, 0.1) is 6.61 Å². The van der Waals surface area contributed by atoms with Gasteiger partial charge in [0.25, 0.3) is 5.56 Å². The van der Waals surface area contributed by atoms with E-state index in [1.165, 1.54) is 23.4 Å². The Labute approximate surface area is 130 Å². The molecular formula is C13H18N4O4S. The summed E-state index contributed by atoms with van der Waals surface area (Å²) in [6.45, 7) is 3.92. The van der Waals surface area contributed by atoms with Crippen molar-refractivity contribution in [2.75, 3.05) is 6.61 Å². The average Bonchev–Trinajstić information content (AvgIpc) is 2.92. The van der Waals surface area contributed by atoms with Gasteiger partial charge in [-0.15, -0.1) is 0 Å². The summed E-state index contributed by atoms with van der Waals surface area (Å²) in [6, 6.07) is 0. The van der Waals surface area contributed by atoms with Crippen LogP contribution in [0.4, 0.5) is 0 Å². The van der Waals surface area contributed by atoms with Crippen LogP contribution in [0.5, 0.6) is 0 Å². The van der Waals surface area contributed by atoms with Crippen LogP contribution < -0.4 is 11.2 Å². The van der Waals surface area contributed by atoms with Crippen molar-refractivity contribution in [3.8, 4) is 0 Å². The van der Waals surface area contributed by atoms with Gasteiger partial charge in [0.2, 0.25) is 0 Å². The number of nitrogens with one attached hydrogen (secondary N) is 1. The summed E-state index contributed by atoms with van der Waals surface area (Å²) in [5, 5.41) is -0.00500. The third-order valence-corrected chi connectivity index (χ3v) is 4.47. The molecule has 8 nitrogen and oxygen atoms in total. The van der Waals surface area contributed by atoms with Crippen LogP contribution >= 0.6 is 11.8 Å². The molecule has 0 aliphatic carbocycles. The molecule has 2 aromatic heterocycles. The topological polar surface area (TPSA) is 99.0 Å². The second kappa shape index (κ2) is 6.39. The van der Waals surface area contributed by atoms with Crippen LogP contribution in [0, 0.1) is 0 Å². The van der Waals surface area contributed by atoms with Gasteiger partial charge in [0.1, 0.15) is 5.25 Å². The average molecular weight is 326 g/mol. The van der Waals surface area contributed by atoms with Crippen molar-refractivity contribution in [1.82, 2.24) is 19.1 Å². The summed E-state index contributed by atoms with van der Waals surface area (Å²) >= 11 is 1.19. The van der Waals surface area contributed by atoms with Crippen LogP contribution in [0.3, 0.4) is 0 Å². The maximum atomic E-state index is 12.1. The van der Waals surface area contributed by atoms with Crippen molar-refractivity contribution in [3.63, 3.8) is 0 Å². The van der Waals surface area contributed by atoms with Crippen LogP contribution in [0.25, 0.3) is 11.2 Å². The first-order valence-corrected chi connectivity index (χ1v) is 7.77. The summed E-state index contributed by atoms with van der Waals surface area (Å²) in [5.41, 5.74) is -0.375. The highest BCUT2D eigenvalue weighted by atomic mass is 32.2. The number of esters is 1. The smallest absolute Gasteiger partial charge is 0.332 e. The summed E-state index contributed by atoms with van der Waals surface area (Å²) in [6.07, 6.45) is 0.567. The lowest BCUT2D eigenvalue weighted by molar-refractivity contribution is -0.142. The Morgan fingerprint density at radius 2 is 2.00 bits per heavy atom. The molecule has 0 bridgehead atoms.